The molecule has 7 rings (SSSR count). The van der Waals surface area contributed by atoms with Crippen LogP contribution in [0, 0.1) is 0 Å². The number of para-hydroxylation sites is 1. The molecule has 4 atom stereocenters. The van der Waals surface area contributed by atoms with Gasteiger partial charge in [-0.3, -0.25) is 4.90 Å². The lowest BCUT2D eigenvalue weighted by Crippen LogP contribution is -2.38. The predicted octanol–water partition coefficient (Wildman–Crippen LogP) is 10.2. The normalized spacial score (nSPS) is 17.3. The number of anilines is 1. The van der Waals surface area contributed by atoms with Crippen molar-refractivity contribution in [1.29, 1.82) is 0 Å². The molecular weight excluding hydrogens is 687 g/mol. The van der Waals surface area contributed by atoms with E-state index >= 15 is 0 Å². The lowest BCUT2D eigenvalue weighted by molar-refractivity contribution is -0.253. The summed E-state index contributed by atoms with van der Waals surface area (Å²) in [5.74, 6) is 1.44. The van der Waals surface area contributed by atoms with E-state index in [0.29, 0.717) is 24.4 Å². The van der Waals surface area contributed by atoms with Crippen LogP contribution in [0.2, 0.25) is 0 Å². The Hall–Kier alpha value is -5.77. The van der Waals surface area contributed by atoms with Gasteiger partial charge in [-0.2, -0.15) is 0 Å². The summed E-state index contributed by atoms with van der Waals surface area (Å²) < 4.78 is 19.2. The molecule has 0 unspecified atom stereocenters. The van der Waals surface area contributed by atoms with Crippen LogP contribution >= 0.6 is 0 Å². The number of amides is 2. The molecule has 0 spiro atoms. The van der Waals surface area contributed by atoms with Gasteiger partial charge in [0.05, 0.1) is 18.8 Å². The van der Waals surface area contributed by atoms with Crippen molar-refractivity contribution >= 4 is 11.7 Å². The fourth-order valence-corrected chi connectivity index (χ4v) is 6.86. The van der Waals surface area contributed by atoms with Crippen LogP contribution in [0.5, 0.6) is 11.5 Å². The van der Waals surface area contributed by atoms with Crippen LogP contribution in [-0.4, -0.2) is 35.7 Å². The molecule has 0 aliphatic carbocycles. The van der Waals surface area contributed by atoms with Crippen LogP contribution in [0.3, 0.4) is 0 Å². The SMILES string of the molecule is C[C@@H](c1ccccc1)N(C)C[C@@H]1C[C@H](c2ccc(CO)cc2)O[C@H](c2ccc(-c3ccccc3CNC(=O)Nc3ccc(Oc4ccccc4)cc3)cc2)O1. The zero-order chi connectivity index (χ0) is 38.0. The minimum atomic E-state index is -0.560. The van der Waals surface area contributed by atoms with Crippen LogP contribution in [0.1, 0.15) is 59.6 Å². The Morgan fingerprint density at radius 2 is 1.40 bits per heavy atom. The average molecular weight is 734 g/mol. The summed E-state index contributed by atoms with van der Waals surface area (Å²) in [6.07, 6.45) is -0.0954. The van der Waals surface area contributed by atoms with Crippen molar-refractivity contribution in [1.82, 2.24) is 10.2 Å². The van der Waals surface area contributed by atoms with Gasteiger partial charge >= 0.3 is 6.03 Å². The lowest BCUT2D eigenvalue weighted by atomic mass is 9.97. The van der Waals surface area contributed by atoms with Gasteiger partial charge in [0.15, 0.2) is 6.29 Å². The number of hydrogen-bond donors (Lipinski definition) is 3. The number of rotatable bonds is 13. The van der Waals surface area contributed by atoms with E-state index in [1.54, 1.807) is 0 Å². The van der Waals surface area contributed by atoms with Crippen molar-refractivity contribution in [2.45, 2.75) is 51.0 Å². The van der Waals surface area contributed by atoms with Gasteiger partial charge in [0.2, 0.25) is 0 Å². The molecule has 1 saturated heterocycles. The lowest BCUT2D eigenvalue weighted by Gasteiger charge is -2.39. The number of likely N-dealkylation sites (N-methyl/N-ethyl adjacent to an activating group) is 1. The molecule has 0 bridgehead atoms. The van der Waals surface area contributed by atoms with Crippen molar-refractivity contribution in [2.75, 3.05) is 18.9 Å². The summed E-state index contributed by atoms with van der Waals surface area (Å²) in [6.45, 7) is 3.31. The van der Waals surface area contributed by atoms with Crippen molar-refractivity contribution in [2.24, 2.45) is 0 Å². The monoisotopic (exact) mass is 733 g/mol. The Kier molecular flexibility index (Phi) is 12.3. The first-order valence-corrected chi connectivity index (χ1v) is 18.7. The molecule has 1 fully saturated rings. The number of carbonyl (C=O) groups is 1. The molecule has 8 nitrogen and oxygen atoms in total. The number of nitrogens with zero attached hydrogens (tertiary/aromatic N) is 1. The molecule has 1 heterocycles. The highest BCUT2D eigenvalue weighted by Crippen LogP contribution is 2.39. The second kappa shape index (κ2) is 18.0. The molecule has 1 aliphatic rings. The topological polar surface area (TPSA) is 92.3 Å². The van der Waals surface area contributed by atoms with Gasteiger partial charge < -0.3 is 30.0 Å². The molecular formula is C47H47N3O5. The number of hydrogen-bond acceptors (Lipinski definition) is 6. The molecule has 55 heavy (non-hydrogen) atoms. The molecule has 6 aromatic carbocycles. The average Bonchev–Trinajstić information content (AvgIpc) is 3.24. The number of urea groups is 1. The summed E-state index contributed by atoms with van der Waals surface area (Å²) in [6, 6.07) is 51.6. The van der Waals surface area contributed by atoms with Gasteiger partial charge in [-0.25, -0.2) is 4.79 Å². The summed E-state index contributed by atoms with van der Waals surface area (Å²) in [7, 11) is 2.14. The first-order chi connectivity index (χ1) is 26.9. The van der Waals surface area contributed by atoms with Crippen LogP contribution in [0.4, 0.5) is 10.5 Å². The Balaban J connectivity index is 1.01. The van der Waals surface area contributed by atoms with Gasteiger partial charge in [0.1, 0.15) is 11.5 Å². The molecule has 0 aromatic heterocycles. The fourth-order valence-electron chi connectivity index (χ4n) is 6.86. The van der Waals surface area contributed by atoms with Gasteiger partial charge in [0, 0.05) is 36.8 Å². The number of aliphatic hydroxyl groups is 1. The highest BCUT2D eigenvalue weighted by molar-refractivity contribution is 5.89. The molecule has 3 N–H and O–H groups in total. The van der Waals surface area contributed by atoms with Gasteiger partial charge in [0.25, 0.3) is 0 Å². The third kappa shape index (κ3) is 9.86. The largest absolute Gasteiger partial charge is 0.457 e. The standard InChI is InChI=1S/C47H47N3O5/c1-33(35-11-5-3-6-12-35)50(2)31-43-29-45(37-19-17-34(32-51)18-20-37)55-46(54-43)38-23-21-36(22-24-38)44-16-10-9-13-39(44)30-48-47(52)49-40-25-27-42(28-26-40)53-41-14-7-4-8-15-41/h3-28,33,43,45-46,51H,29-32H2,1-2H3,(H2,48,49,52)/t33-,43-,45+,46+/m0/s1. The maximum absolute atomic E-state index is 12.9. The van der Waals surface area contributed by atoms with E-state index in [2.05, 4.69) is 84.1 Å². The second-order valence-corrected chi connectivity index (χ2v) is 13.9. The third-order valence-electron chi connectivity index (χ3n) is 10.1. The van der Waals surface area contributed by atoms with E-state index in [1.165, 1.54) is 5.56 Å². The first kappa shape index (κ1) is 37.5. The zero-order valence-electron chi connectivity index (χ0n) is 31.2. The van der Waals surface area contributed by atoms with E-state index in [-0.39, 0.29) is 30.9 Å². The maximum Gasteiger partial charge on any atom is 0.319 e. The number of aliphatic hydroxyl groups excluding tert-OH is 1. The minimum Gasteiger partial charge on any atom is -0.457 e. The Morgan fingerprint density at radius 1 is 0.764 bits per heavy atom. The van der Waals surface area contributed by atoms with Crippen molar-refractivity contribution in [3.8, 4) is 22.6 Å². The van der Waals surface area contributed by atoms with E-state index in [1.807, 2.05) is 103 Å². The Morgan fingerprint density at radius 3 is 2.11 bits per heavy atom. The van der Waals surface area contributed by atoms with Crippen LogP contribution in [0.15, 0.2) is 158 Å². The smallest absolute Gasteiger partial charge is 0.319 e. The van der Waals surface area contributed by atoms with Gasteiger partial charge in [-0.05, 0) is 83.8 Å². The third-order valence-corrected chi connectivity index (χ3v) is 10.1. The number of ether oxygens (including phenoxy) is 3. The number of benzene rings is 6. The second-order valence-electron chi connectivity index (χ2n) is 13.9. The van der Waals surface area contributed by atoms with E-state index in [0.717, 1.165) is 45.7 Å². The first-order valence-electron chi connectivity index (χ1n) is 18.7. The van der Waals surface area contributed by atoms with Crippen molar-refractivity contribution in [3.05, 3.63) is 186 Å². The van der Waals surface area contributed by atoms with Gasteiger partial charge in [-0.15, -0.1) is 0 Å². The molecule has 6 aromatic rings. The molecule has 0 saturated carbocycles. The van der Waals surface area contributed by atoms with Gasteiger partial charge in [-0.1, -0.05) is 121 Å². The molecule has 0 radical (unpaired) electrons. The van der Waals surface area contributed by atoms with Crippen molar-refractivity contribution in [3.63, 3.8) is 0 Å². The maximum atomic E-state index is 12.9. The number of carbonyl (C=O) groups excluding carboxylic acids is 1. The highest BCUT2D eigenvalue weighted by Gasteiger charge is 2.33. The molecule has 1 aliphatic heterocycles. The fraction of sp³-hybridized carbons (Fsp3) is 0.213. The summed E-state index contributed by atoms with van der Waals surface area (Å²) in [5.41, 5.74) is 7.82. The highest BCUT2D eigenvalue weighted by atomic mass is 16.7. The zero-order valence-corrected chi connectivity index (χ0v) is 31.2. The van der Waals surface area contributed by atoms with E-state index in [4.69, 9.17) is 14.2 Å². The van der Waals surface area contributed by atoms with Crippen molar-refractivity contribution < 1.29 is 24.1 Å². The molecule has 2 amide bonds. The van der Waals surface area contributed by atoms with Crippen LogP contribution < -0.4 is 15.4 Å². The summed E-state index contributed by atoms with van der Waals surface area (Å²) >= 11 is 0. The van der Waals surface area contributed by atoms with Crippen LogP contribution in [0.25, 0.3) is 11.1 Å². The quantitative estimate of drug-likeness (QED) is 0.109. The Bertz CT molecular complexity index is 2110. The predicted molar refractivity (Wildman–Crippen MR) is 217 cm³/mol. The summed E-state index contributed by atoms with van der Waals surface area (Å²) in [5, 5.41) is 15.5. The number of nitrogens with one attached hydrogen (secondary N) is 2. The van der Waals surface area contributed by atoms with Crippen LogP contribution in [-0.2, 0) is 22.6 Å². The molecule has 280 valence electrons. The van der Waals surface area contributed by atoms with E-state index < -0.39 is 6.29 Å². The van der Waals surface area contributed by atoms with E-state index in [9.17, 15) is 9.90 Å². The molecule has 8 heteroatoms. The summed E-state index contributed by atoms with van der Waals surface area (Å²) in [4.78, 5) is 15.2. The Labute approximate surface area is 323 Å². The minimum absolute atomic E-state index is 0.00154.